The van der Waals surface area contributed by atoms with Crippen LogP contribution in [-0.2, 0) is 0 Å². The van der Waals surface area contributed by atoms with E-state index in [1.807, 2.05) is 6.92 Å². The molecule has 0 bridgehead atoms. The van der Waals surface area contributed by atoms with Gasteiger partial charge in [0.15, 0.2) is 6.29 Å². The largest absolute Gasteiger partial charge is 0.367 e. The zero-order valence-electron chi connectivity index (χ0n) is 5.26. The highest BCUT2D eigenvalue weighted by Crippen LogP contribution is 1.92. The monoisotopic (exact) mass is 119 g/mol. The highest BCUT2D eigenvalue weighted by Gasteiger charge is 2.09. The van der Waals surface area contributed by atoms with E-state index in [4.69, 9.17) is 10.2 Å². The minimum absolute atomic E-state index is 0.185. The third-order valence-corrected chi connectivity index (χ3v) is 1.17. The maximum absolute atomic E-state index is 8.51. The van der Waals surface area contributed by atoms with E-state index in [1.54, 1.807) is 7.05 Å². The van der Waals surface area contributed by atoms with E-state index in [2.05, 4.69) is 5.32 Å². The first kappa shape index (κ1) is 7.88. The van der Waals surface area contributed by atoms with Crippen molar-refractivity contribution in [2.45, 2.75) is 25.7 Å². The molecule has 0 aliphatic carbocycles. The molecule has 3 N–H and O–H groups in total. The molecule has 1 atom stereocenters. The van der Waals surface area contributed by atoms with Gasteiger partial charge in [-0.1, -0.05) is 6.92 Å². The van der Waals surface area contributed by atoms with Crippen LogP contribution in [0.1, 0.15) is 13.3 Å². The van der Waals surface area contributed by atoms with Crippen LogP contribution in [0.2, 0.25) is 0 Å². The van der Waals surface area contributed by atoms with E-state index in [1.165, 1.54) is 0 Å². The molecule has 0 saturated carbocycles. The van der Waals surface area contributed by atoms with Gasteiger partial charge in [-0.05, 0) is 13.5 Å². The topological polar surface area (TPSA) is 52.5 Å². The van der Waals surface area contributed by atoms with Gasteiger partial charge < -0.3 is 15.5 Å². The summed E-state index contributed by atoms with van der Waals surface area (Å²) in [6.45, 7) is 1.89. The zero-order chi connectivity index (χ0) is 6.57. The standard InChI is InChI=1S/C5H13NO2/c1-3-4(6-2)5(7)8/h4-8H,3H2,1-2H3/t4-/m0/s1. The van der Waals surface area contributed by atoms with Gasteiger partial charge in [0.1, 0.15) is 0 Å². The van der Waals surface area contributed by atoms with E-state index < -0.39 is 6.29 Å². The fraction of sp³-hybridized carbons (Fsp3) is 1.00. The lowest BCUT2D eigenvalue weighted by atomic mass is 10.2. The first-order valence-electron chi connectivity index (χ1n) is 2.75. The maximum Gasteiger partial charge on any atom is 0.167 e. The highest BCUT2D eigenvalue weighted by molar-refractivity contribution is 4.61. The molecule has 0 aromatic heterocycles. The molecule has 0 aromatic rings. The summed E-state index contributed by atoms with van der Waals surface area (Å²) in [4.78, 5) is 0. The van der Waals surface area contributed by atoms with Crippen molar-refractivity contribution in [1.82, 2.24) is 5.32 Å². The molecule has 0 radical (unpaired) electrons. The van der Waals surface area contributed by atoms with Crippen molar-refractivity contribution in [2.75, 3.05) is 7.05 Å². The number of likely N-dealkylation sites (N-methyl/N-ethyl adjacent to an activating group) is 1. The lowest BCUT2D eigenvalue weighted by molar-refractivity contribution is -0.0659. The van der Waals surface area contributed by atoms with Gasteiger partial charge in [-0.3, -0.25) is 0 Å². The Bertz CT molecular complexity index is 52.4. The summed E-state index contributed by atoms with van der Waals surface area (Å²) in [5.41, 5.74) is 0. The van der Waals surface area contributed by atoms with Crippen LogP contribution in [0, 0.1) is 0 Å². The van der Waals surface area contributed by atoms with E-state index in [0.29, 0.717) is 0 Å². The Labute approximate surface area is 49.3 Å². The summed E-state index contributed by atoms with van der Waals surface area (Å²) in [7, 11) is 1.70. The molecule has 8 heavy (non-hydrogen) atoms. The molecular weight excluding hydrogens is 106 g/mol. The molecule has 3 heteroatoms. The fourth-order valence-corrected chi connectivity index (χ4v) is 0.564. The number of hydrogen-bond acceptors (Lipinski definition) is 3. The Morgan fingerprint density at radius 2 is 2.00 bits per heavy atom. The molecule has 0 aromatic carbocycles. The average Bonchev–Trinajstić information content (AvgIpc) is 1.69. The van der Waals surface area contributed by atoms with Crippen LogP contribution in [-0.4, -0.2) is 29.6 Å². The highest BCUT2D eigenvalue weighted by atomic mass is 16.5. The Morgan fingerprint density at radius 1 is 1.50 bits per heavy atom. The maximum atomic E-state index is 8.51. The summed E-state index contributed by atoms with van der Waals surface area (Å²) in [5, 5.41) is 19.8. The van der Waals surface area contributed by atoms with E-state index in [9.17, 15) is 0 Å². The molecule has 3 nitrogen and oxygen atoms in total. The van der Waals surface area contributed by atoms with Gasteiger partial charge in [0.25, 0.3) is 0 Å². The SMILES string of the molecule is CC[C@H](NC)C(O)O. The van der Waals surface area contributed by atoms with E-state index >= 15 is 0 Å². The van der Waals surface area contributed by atoms with Crippen LogP contribution >= 0.6 is 0 Å². The van der Waals surface area contributed by atoms with E-state index in [-0.39, 0.29) is 6.04 Å². The van der Waals surface area contributed by atoms with Gasteiger partial charge in [0.05, 0.1) is 6.04 Å². The summed E-state index contributed by atoms with van der Waals surface area (Å²) in [5.74, 6) is 0. The molecule has 0 unspecified atom stereocenters. The molecule has 0 fully saturated rings. The average molecular weight is 119 g/mol. The van der Waals surface area contributed by atoms with Gasteiger partial charge in [0, 0.05) is 0 Å². The second kappa shape index (κ2) is 3.83. The van der Waals surface area contributed by atoms with Crippen LogP contribution in [0.5, 0.6) is 0 Å². The quantitative estimate of drug-likeness (QED) is 0.430. The van der Waals surface area contributed by atoms with Gasteiger partial charge in [-0.2, -0.15) is 0 Å². The van der Waals surface area contributed by atoms with Crippen molar-refractivity contribution in [3.63, 3.8) is 0 Å². The van der Waals surface area contributed by atoms with Crippen LogP contribution in [0.25, 0.3) is 0 Å². The fourth-order valence-electron chi connectivity index (χ4n) is 0.564. The predicted octanol–water partition coefficient (Wildman–Crippen LogP) is -0.705. The third kappa shape index (κ3) is 2.26. The van der Waals surface area contributed by atoms with Crippen molar-refractivity contribution in [1.29, 1.82) is 0 Å². The minimum Gasteiger partial charge on any atom is -0.367 e. The van der Waals surface area contributed by atoms with Gasteiger partial charge in [-0.25, -0.2) is 0 Å². The normalized spacial score (nSPS) is 14.6. The van der Waals surface area contributed by atoms with Crippen molar-refractivity contribution in [2.24, 2.45) is 0 Å². The van der Waals surface area contributed by atoms with E-state index in [0.717, 1.165) is 6.42 Å². The lowest BCUT2D eigenvalue weighted by Crippen LogP contribution is -2.36. The Kier molecular flexibility index (Phi) is 3.77. The lowest BCUT2D eigenvalue weighted by Gasteiger charge is -2.14. The molecule has 0 aliphatic heterocycles. The summed E-state index contributed by atoms with van der Waals surface area (Å²) < 4.78 is 0. The smallest absolute Gasteiger partial charge is 0.167 e. The Morgan fingerprint density at radius 3 is 2.00 bits per heavy atom. The number of aliphatic hydroxyl groups is 2. The molecular formula is C5H13NO2. The zero-order valence-corrected chi connectivity index (χ0v) is 5.26. The number of aliphatic hydroxyl groups excluding tert-OH is 1. The molecule has 0 amide bonds. The predicted molar refractivity (Wildman–Crippen MR) is 31.4 cm³/mol. The third-order valence-electron chi connectivity index (χ3n) is 1.17. The number of rotatable bonds is 3. The summed E-state index contributed by atoms with van der Waals surface area (Å²) in [6.07, 6.45) is -0.501. The minimum atomic E-state index is -1.23. The van der Waals surface area contributed by atoms with Crippen LogP contribution in [0.3, 0.4) is 0 Å². The Balaban J connectivity index is 3.35. The van der Waals surface area contributed by atoms with Gasteiger partial charge in [-0.15, -0.1) is 0 Å². The van der Waals surface area contributed by atoms with Crippen molar-refractivity contribution in [3.8, 4) is 0 Å². The van der Waals surface area contributed by atoms with Gasteiger partial charge >= 0.3 is 0 Å². The molecule has 0 spiro atoms. The molecule has 0 rings (SSSR count). The second-order valence-electron chi connectivity index (χ2n) is 1.72. The van der Waals surface area contributed by atoms with Gasteiger partial charge in [0.2, 0.25) is 0 Å². The molecule has 50 valence electrons. The number of nitrogens with one attached hydrogen (secondary N) is 1. The molecule has 0 heterocycles. The second-order valence-corrected chi connectivity index (χ2v) is 1.72. The Hall–Kier alpha value is -0.120. The number of hydrogen-bond donors (Lipinski definition) is 3. The van der Waals surface area contributed by atoms with Crippen LogP contribution in [0.15, 0.2) is 0 Å². The van der Waals surface area contributed by atoms with Crippen LogP contribution < -0.4 is 5.32 Å². The molecule has 0 aliphatic rings. The van der Waals surface area contributed by atoms with Crippen molar-refractivity contribution >= 4 is 0 Å². The summed E-state index contributed by atoms with van der Waals surface area (Å²) >= 11 is 0. The first-order valence-corrected chi connectivity index (χ1v) is 2.75. The van der Waals surface area contributed by atoms with Crippen molar-refractivity contribution < 1.29 is 10.2 Å². The molecule has 0 saturated heterocycles. The van der Waals surface area contributed by atoms with Crippen molar-refractivity contribution in [3.05, 3.63) is 0 Å². The summed E-state index contributed by atoms with van der Waals surface area (Å²) in [6, 6.07) is -0.185. The van der Waals surface area contributed by atoms with Crippen LogP contribution in [0.4, 0.5) is 0 Å². The first-order chi connectivity index (χ1) is 3.72.